The van der Waals surface area contributed by atoms with Gasteiger partial charge in [-0.1, -0.05) is 11.6 Å². The van der Waals surface area contributed by atoms with Gasteiger partial charge in [0, 0.05) is 12.1 Å². The van der Waals surface area contributed by atoms with E-state index < -0.39 is 0 Å². The van der Waals surface area contributed by atoms with Crippen molar-refractivity contribution in [2.75, 3.05) is 10.6 Å². The van der Waals surface area contributed by atoms with Crippen LogP contribution in [0.4, 0.5) is 11.8 Å². The highest BCUT2D eigenvalue weighted by molar-refractivity contribution is 6.31. The summed E-state index contributed by atoms with van der Waals surface area (Å²) in [6, 6.07) is 2.66. The molecule has 0 radical (unpaired) electrons. The molecule has 5 nitrogen and oxygen atoms in total. The first kappa shape index (κ1) is 11.9. The maximum atomic E-state index is 9.03. The van der Waals surface area contributed by atoms with Gasteiger partial charge in [-0.25, -0.2) is 0 Å². The lowest BCUT2D eigenvalue weighted by molar-refractivity contribution is 0.873. The zero-order chi connectivity index (χ0) is 12.4. The van der Waals surface area contributed by atoms with E-state index in [9.17, 15) is 0 Å². The van der Waals surface area contributed by atoms with Gasteiger partial charge >= 0.3 is 0 Å². The zero-order valence-electron chi connectivity index (χ0n) is 9.79. The number of hydrogen-bond donors (Lipinski definition) is 2. The van der Waals surface area contributed by atoms with Crippen LogP contribution >= 0.6 is 11.6 Å². The monoisotopic (exact) mass is 251 g/mol. The molecule has 0 unspecified atom stereocenters. The summed E-state index contributed by atoms with van der Waals surface area (Å²) in [4.78, 5) is 8.34. The molecule has 17 heavy (non-hydrogen) atoms. The van der Waals surface area contributed by atoms with Crippen molar-refractivity contribution in [3.63, 3.8) is 0 Å². The Morgan fingerprint density at radius 1 is 1.41 bits per heavy atom. The van der Waals surface area contributed by atoms with Crippen LogP contribution in [0, 0.1) is 11.3 Å². The minimum absolute atomic E-state index is 0.189. The van der Waals surface area contributed by atoms with Gasteiger partial charge in [0.15, 0.2) is 11.0 Å². The first-order valence-corrected chi connectivity index (χ1v) is 5.98. The van der Waals surface area contributed by atoms with E-state index in [2.05, 4.69) is 20.6 Å². The Morgan fingerprint density at radius 2 is 2.12 bits per heavy atom. The summed E-state index contributed by atoms with van der Waals surface area (Å²) in [6.45, 7) is 3.98. The number of hydrogen-bond acceptors (Lipinski definition) is 5. The van der Waals surface area contributed by atoms with Crippen molar-refractivity contribution in [2.24, 2.45) is 0 Å². The largest absolute Gasteiger partial charge is 0.366 e. The van der Waals surface area contributed by atoms with Crippen LogP contribution in [0.5, 0.6) is 0 Å². The van der Waals surface area contributed by atoms with Crippen LogP contribution in [0.2, 0.25) is 5.15 Å². The summed E-state index contributed by atoms with van der Waals surface area (Å²) in [5.74, 6) is 0.977. The Morgan fingerprint density at radius 3 is 2.65 bits per heavy atom. The van der Waals surface area contributed by atoms with Gasteiger partial charge in [-0.3, -0.25) is 0 Å². The molecule has 0 spiro atoms. The Bertz CT molecular complexity index is 462. The summed E-state index contributed by atoms with van der Waals surface area (Å²) in [5, 5.41) is 15.5. The van der Waals surface area contributed by atoms with Crippen LogP contribution in [-0.4, -0.2) is 22.1 Å². The fourth-order valence-electron chi connectivity index (χ4n) is 1.38. The van der Waals surface area contributed by atoms with Gasteiger partial charge in [0.25, 0.3) is 0 Å². The van der Waals surface area contributed by atoms with E-state index in [4.69, 9.17) is 16.9 Å². The molecule has 2 rings (SSSR count). The van der Waals surface area contributed by atoms with Crippen molar-refractivity contribution in [2.45, 2.75) is 38.8 Å². The molecule has 0 saturated heterocycles. The third-order valence-electron chi connectivity index (χ3n) is 2.31. The fourth-order valence-corrected chi connectivity index (χ4v) is 1.59. The molecule has 0 aliphatic heterocycles. The van der Waals surface area contributed by atoms with E-state index in [1.807, 2.05) is 19.9 Å². The average molecular weight is 252 g/mol. The Kier molecular flexibility index (Phi) is 3.34. The zero-order valence-corrected chi connectivity index (χ0v) is 10.5. The quantitative estimate of drug-likeness (QED) is 0.804. The van der Waals surface area contributed by atoms with Gasteiger partial charge in [-0.05, 0) is 26.7 Å². The van der Waals surface area contributed by atoms with Crippen molar-refractivity contribution in [1.82, 2.24) is 9.97 Å². The first-order chi connectivity index (χ1) is 8.10. The second-order valence-electron chi connectivity index (χ2n) is 4.39. The highest BCUT2D eigenvalue weighted by Gasteiger charge is 2.24. The molecule has 2 N–H and O–H groups in total. The molecule has 6 heteroatoms. The molecule has 1 aliphatic carbocycles. The first-order valence-electron chi connectivity index (χ1n) is 5.61. The number of anilines is 2. The molecule has 1 aliphatic rings. The van der Waals surface area contributed by atoms with Gasteiger partial charge in [0.2, 0.25) is 5.95 Å². The predicted octanol–water partition coefficient (Wildman–Crippen LogP) is 2.40. The van der Waals surface area contributed by atoms with Gasteiger partial charge in [0.1, 0.15) is 11.6 Å². The number of rotatable bonds is 4. The Hall–Kier alpha value is -1.54. The Labute approximate surface area is 105 Å². The van der Waals surface area contributed by atoms with E-state index in [1.54, 1.807) is 0 Å². The van der Waals surface area contributed by atoms with E-state index in [0.29, 0.717) is 23.4 Å². The number of aromatic nitrogens is 2. The summed E-state index contributed by atoms with van der Waals surface area (Å²) in [7, 11) is 0. The van der Waals surface area contributed by atoms with Crippen LogP contribution in [0.3, 0.4) is 0 Å². The van der Waals surface area contributed by atoms with Crippen molar-refractivity contribution < 1.29 is 0 Å². The van der Waals surface area contributed by atoms with Crippen LogP contribution in [-0.2, 0) is 0 Å². The standard InChI is InChI=1S/C11H14ClN5/c1-6(2)14-11-16-9(12)8(5-13)10(17-11)15-7-3-4-7/h6-7H,3-4H2,1-2H3,(H2,14,15,16,17). The van der Waals surface area contributed by atoms with Gasteiger partial charge in [-0.15, -0.1) is 0 Å². The summed E-state index contributed by atoms with van der Waals surface area (Å²) < 4.78 is 0. The molecular weight excluding hydrogens is 238 g/mol. The maximum Gasteiger partial charge on any atom is 0.226 e. The predicted molar refractivity (Wildman–Crippen MR) is 67.2 cm³/mol. The molecule has 0 amide bonds. The molecule has 0 atom stereocenters. The third-order valence-corrected chi connectivity index (χ3v) is 2.59. The van der Waals surface area contributed by atoms with E-state index >= 15 is 0 Å². The lowest BCUT2D eigenvalue weighted by Crippen LogP contribution is -2.15. The lowest BCUT2D eigenvalue weighted by atomic mass is 10.3. The topological polar surface area (TPSA) is 73.6 Å². The van der Waals surface area contributed by atoms with E-state index in [0.717, 1.165) is 12.8 Å². The molecule has 1 aromatic heterocycles. The van der Waals surface area contributed by atoms with Crippen LogP contribution in [0.25, 0.3) is 0 Å². The SMILES string of the molecule is CC(C)Nc1nc(Cl)c(C#N)c(NC2CC2)n1. The second kappa shape index (κ2) is 4.76. The summed E-state index contributed by atoms with van der Waals surface area (Å²) >= 11 is 5.97. The van der Waals surface area contributed by atoms with Crippen LogP contribution in [0.1, 0.15) is 32.3 Å². The van der Waals surface area contributed by atoms with Gasteiger partial charge in [0.05, 0.1) is 0 Å². The van der Waals surface area contributed by atoms with E-state index in [1.165, 1.54) is 0 Å². The van der Waals surface area contributed by atoms with E-state index in [-0.39, 0.29) is 11.2 Å². The molecule has 1 aromatic rings. The summed E-state index contributed by atoms with van der Waals surface area (Å²) in [6.07, 6.45) is 2.22. The highest BCUT2D eigenvalue weighted by Crippen LogP contribution is 2.28. The number of nitrogens with one attached hydrogen (secondary N) is 2. The molecule has 1 fully saturated rings. The lowest BCUT2D eigenvalue weighted by Gasteiger charge is -2.12. The molecule has 90 valence electrons. The minimum Gasteiger partial charge on any atom is -0.366 e. The number of nitrogens with zero attached hydrogens (tertiary/aromatic N) is 3. The van der Waals surface area contributed by atoms with Crippen molar-refractivity contribution in [3.8, 4) is 6.07 Å². The molecule has 0 bridgehead atoms. The fraction of sp³-hybridized carbons (Fsp3) is 0.545. The maximum absolute atomic E-state index is 9.03. The van der Waals surface area contributed by atoms with Crippen LogP contribution < -0.4 is 10.6 Å². The smallest absolute Gasteiger partial charge is 0.226 e. The minimum atomic E-state index is 0.189. The van der Waals surface area contributed by atoms with Crippen molar-refractivity contribution >= 4 is 23.4 Å². The summed E-state index contributed by atoms with van der Waals surface area (Å²) in [5.41, 5.74) is 0.313. The molecule has 1 heterocycles. The van der Waals surface area contributed by atoms with Crippen LogP contribution in [0.15, 0.2) is 0 Å². The normalized spacial score (nSPS) is 14.5. The Balaban J connectivity index is 2.31. The number of nitriles is 1. The van der Waals surface area contributed by atoms with Gasteiger partial charge in [-0.2, -0.15) is 15.2 Å². The van der Waals surface area contributed by atoms with Crippen molar-refractivity contribution in [3.05, 3.63) is 10.7 Å². The molecule has 1 saturated carbocycles. The average Bonchev–Trinajstić information content (AvgIpc) is 3.00. The highest BCUT2D eigenvalue weighted by atomic mass is 35.5. The second-order valence-corrected chi connectivity index (χ2v) is 4.75. The molecular formula is C11H14ClN5. The van der Waals surface area contributed by atoms with Crippen molar-refractivity contribution in [1.29, 1.82) is 5.26 Å². The van der Waals surface area contributed by atoms with Gasteiger partial charge < -0.3 is 10.6 Å². The number of halogens is 1. The third kappa shape index (κ3) is 2.98. The molecule has 0 aromatic carbocycles.